The van der Waals surface area contributed by atoms with Crippen molar-refractivity contribution < 1.29 is 9.90 Å². The van der Waals surface area contributed by atoms with Crippen molar-refractivity contribution in [3.8, 4) is 5.75 Å². The van der Waals surface area contributed by atoms with Crippen LogP contribution in [0.15, 0.2) is 82.2 Å². The second-order valence-corrected chi connectivity index (χ2v) is 5.67. The first-order valence-corrected chi connectivity index (χ1v) is 8.18. The van der Waals surface area contributed by atoms with Crippen molar-refractivity contribution in [2.75, 3.05) is 0 Å². The fraction of sp³-hybridized carbons (Fsp3) is 0.0500. The van der Waals surface area contributed by atoms with Gasteiger partial charge in [0.05, 0.1) is 23.2 Å². The summed E-state index contributed by atoms with van der Waals surface area (Å²) in [4.78, 5) is 16.1. The summed E-state index contributed by atoms with van der Waals surface area (Å²) >= 11 is 0. The Morgan fingerprint density at radius 3 is 2.56 bits per heavy atom. The Kier molecular flexibility index (Phi) is 5.64. The SMILES string of the molecule is Cc1ccc(C(=O)NN=Cc2cc(N=Nc3ccccc3)ccc2O)cn1. The third-order valence-corrected chi connectivity index (χ3v) is 3.59. The van der Waals surface area contributed by atoms with Gasteiger partial charge in [-0.1, -0.05) is 18.2 Å². The first kappa shape index (κ1) is 17.9. The molecule has 134 valence electrons. The number of hydrazone groups is 1. The van der Waals surface area contributed by atoms with E-state index in [9.17, 15) is 9.90 Å². The van der Waals surface area contributed by atoms with Gasteiger partial charge in [-0.2, -0.15) is 15.3 Å². The Morgan fingerprint density at radius 1 is 1.04 bits per heavy atom. The fourth-order valence-electron chi connectivity index (χ4n) is 2.14. The molecule has 3 rings (SSSR count). The highest BCUT2D eigenvalue weighted by atomic mass is 16.3. The van der Waals surface area contributed by atoms with Crippen LogP contribution in [0.25, 0.3) is 0 Å². The predicted octanol–water partition coefficient (Wildman–Crippen LogP) is 4.27. The predicted molar refractivity (Wildman–Crippen MR) is 103 cm³/mol. The molecule has 1 amide bonds. The fourth-order valence-corrected chi connectivity index (χ4v) is 2.14. The van der Waals surface area contributed by atoms with Crippen molar-refractivity contribution in [3.05, 3.63) is 83.7 Å². The Balaban J connectivity index is 1.69. The van der Waals surface area contributed by atoms with Crippen molar-refractivity contribution in [3.63, 3.8) is 0 Å². The number of aryl methyl sites for hydroxylation is 1. The Bertz CT molecular complexity index is 983. The van der Waals surface area contributed by atoms with Crippen molar-refractivity contribution in [2.45, 2.75) is 6.92 Å². The number of phenols is 1. The summed E-state index contributed by atoms with van der Waals surface area (Å²) in [6.45, 7) is 1.84. The number of phenolic OH excluding ortho intramolecular Hbond substituents is 1. The van der Waals surface area contributed by atoms with E-state index in [2.05, 4.69) is 25.7 Å². The van der Waals surface area contributed by atoms with Crippen molar-refractivity contribution >= 4 is 23.5 Å². The number of hydrogen-bond acceptors (Lipinski definition) is 6. The third-order valence-electron chi connectivity index (χ3n) is 3.59. The normalized spacial score (nSPS) is 11.1. The molecular formula is C20H17N5O2. The number of aromatic nitrogens is 1. The van der Waals surface area contributed by atoms with Gasteiger partial charge < -0.3 is 5.11 Å². The molecule has 0 bridgehead atoms. The molecule has 0 aliphatic rings. The van der Waals surface area contributed by atoms with Crippen LogP contribution in [-0.4, -0.2) is 22.2 Å². The lowest BCUT2D eigenvalue weighted by molar-refractivity contribution is 0.0954. The molecule has 2 aromatic carbocycles. The van der Waals surface area contributed by atoms with Crippen molar-refractivity contribution in [1.82, 2.24) is 10.4 Å². The lowest BCUT2D eigenvalue weighted by Gasteiger charge is -2.02. The van der Waals surface area contributed by atoms with Crippen LogP contribution in [0, 0.1) is 6.92 Å². The van der Waals surface area contributed by atoms with Gasteiger partial charge in [0.1, 0.15) is 5.75 Å². The summed E-state index contributed by atoms with van der Waals surface area (Å²) in [6.07, 6.45) is 2.82. The molecule has 27 heavy (non-hydrogen) atoms. The molecule has 0 saturated carbocycles. The van der Waals surface area contributed by atoms with Crippen LogP contribution in [0.3, 0.4) is 0 Å². The molecule has 7 nitrogen and oxygen atoms in total. The zero-order chi connectivity index (χ0) is 19.1. The number of azo groups is 1. The summed E-state index contributed by atoms with van der Waals surface area (Å²) in [7, 11) is 0. The van der Waals surface area contributed by atoms with Crippen LogP contribution in [0.4, 0.5) is 11.4 Å². The summed E-state index contributed by atoms with van der Waals surface area (Å²) < 4.78 is 0. The minimum absolute atomic E-state index is 0.0173. The number of carbonyl (C=O) groups excluding carboxylic acids is 1. The Labute approximate surface area is 156 Å². The maximum absolute atomic E-state index is 12.0. The minimum atomic E-state index is -0.391. The van der Waals surface area contributed by atoms with Gasteiger partial charge in [0, 0.05) is 17.5 Å². The van der Waals surface area contributed by atoms with Crippen LogP contribution in [0.2, 0.25) is 0 Å². The summed E-state index contributed by atoms with van der Waals surface area (Å²) in [5.74, 6) is -0.373. The third kappa shape index (κ3) is 5.05. The van der Waals surface area contributed by atoms with Crippen LogP contribution < -0.4 is 5.43 Å². The second kappa shape index (κ2) is 8.48. The first-order chi connectivity index (χ1) is 13.1. The highest BCUT2D eigenvalue weighted by Gasteiger charge is 2.04. The van der Waals surface area contributed by atoms with Crippen molar-refractivity contribution in [2.24, 2.45) is 15.3 Å². The Morgan fingerprint density at radius 2 is 1.81 bits per heavy atom. The van der Waals surface area contributed by atoms with Crippen LogP contribution in [-0.2, 0) is 0 Å². The monoisotopic (exact) mass is 359 g/mol. The number of hydrogen-bond donors (Lipinski definition) is 2. The van der Waals surface area contributed by atoms with Gasteiger partial charge in [0.25, 0.3) is 5.91 Å². The van der Waals surface area contributed by atoms with E-state index in [0.717, 1.165) is 11.4 Å². The van der Waals surface area contributed by atoms with Gasteiger partial charge in [0.15, 0.2) is 0 Å². The summed E-state index contributed by atoms with van der Waals surface area (Å²) in [5, 5.41) is 22.1. The van der Waals surface area contributed by atoms with Gasteiger partial charge in [0.2, 0.25) is 0 Å². The zero-order valence-electron chi connectivity index (χ0n) is 14.6. The molecule has 2 N–H and O–H groups in total. The molecule has 0 atom stereocenters. The molecule has 0 fully saturated rings. The van der Waals surface area contributed by atoms with Gasteiger partial charge in [-0.05, 0) is 49.4 Å². The lowest BCUT2D eigenvalue weighted by Crippen LogP contribution is -2.17. The molecule has 0 unspecified atom stereocenters. The zero-order valence-corrected chi connectivity index (χ0v) is 14.6. The standard InChI is InChI=1S/C20H17N5O2/c1-14-7-8-15(12-21-14)20(27)25-22-13-16-11-18(9-10-19(16)26)24-23-17-5-3-2-4-6-17/h2-13,26H,1H3,(H,25,27). The number of benzene rings is 2. The first-order valence-electron chi connectivity index (χ1n) is 8.18. The summed E-state index contributed by atoms with van der Waals surface area (Å²) in [5.41, 5.74) is 5.29. The molecule has 7 heteroatoms. The molecule has 0 aliphatic heterocycles. The second-order valence-electron chi connectivity index (χ2n) is 5.67. The van der Waals surface area contributed by atoms with E-state index in [4.69, 9.17) is 0 Å². The van der Waals surface area contributed by atoms with Gasteiger partial charge >= 0.3 is 0 Å². The number of amides is 1. The molecule has 3 aromatic rings. The van der Waals surface area contributed by atoms with E-state index >= 15 is 0 Å². The molecule has 0 radical (unpaired) electrons. The molecule has 1 aromatic heterocycles. The summed E-state index contributed by atoms with van der Waals surface area (Å²) in [6, 6.07) is 17.5. The molecule has 0 saturated heterocycles. The number of nitrogens with zero attached hydrogens (tertiary/aromatic N) is 4. The van der Waals surface area contributed by atoms with Gasteiger partial charge in [-0.3, -0.25) is 9.78 Å². The van der Waals surface area contributed by atoms with E-state index in [-0.39, 0.29) is 5.75 Å². The van der Waals surface area contributed by atoms with E-state index in [0.29, 0.717) is 16.8 Å². The highest BCUT2D eigenvalue weighted by Crippen LogP contribution is 2.23. The quantitative estimate of drug-likeness (QED) is 0.404. The largest absolute Gasteiger partial charge is 0.507 e. The van der Waals surface area contributed by atoms with Crippen LogP contribution in [0.5, 0.6) is 5.75 Å². The van der Waals surface area contributed by atoms with Crippen LogP contribution in [0.1, 0.15) is 21.6 Å². The van der Waals surface area contributed by atoms with E-state index < -0.39 is 5.91 Å². The number of aromatic hydroxyl groups is 1. The van der Waals surface area contributed by atoms with Crippen LogP contribution >= 0.6 is 0 Å². The maximum Gasteiger partial charge on any atom is 0.272 e. The van der Waals surface area contributed by atoms with E-state index in [1.165, 1.54) is 18.5 Å². The molecular weight excluding hydrogens is 342 g/mol. The number of nitrogens with one attached hydrogen (secondary N) is 1. The average Bonchev–Trinajstić information content (AvgIpc) is 2.69. The molecule has 0 aliphatic carbocycles. The van der Waals surface area contributed by atoms with Gasteiger partial charge in [-0.15, -0.1) is 0 Å². The smallest absolute Gasteiger partial charge is 0.272 e. The topological polar surface area (TPSA) is 99.3 Å². The minimum Gasteiger partial charge on any atom is -0.507 e. The van der Waals surface area contributed by atoms with E-state index in [1.54, 1.807) is 24.3 Å². The average molecular weight is 359 g/mol. The highest BCUT2D eigenvalue weighted by molar-refractivity contribution is 5.94. The van der Waals surface area contributed by atoms with Gasteiger partial charge in [-0.25, -0.2) is 5.43 Å². The number of pyridine rings is 1. The van der Waals surface area contributed by atoms with E-state index in [1.807, 2.05) is 37.3 Å². The lowest BCUT2D eigenvalue weighted by atomic mass is 10.2. The molecule has 1 heterocycles. The number of carbonyl (C=O) groups is 1. The Hall–Kier alpha value is -3.87. The number of rotatable bonds is 5. The van der Waals surface area contributed by atoms with Crippen molar-refractivity contribution in [1.29, 1.82) is 0 Å². The molecule has 0 spiro atoms. The maximum atomic E-state index is 12.0.